The van der Waals surface area contributed by atoms with Crippen LogP contribution in [-0.2, 0) is 0 Å². The fourth-order valence-electron chi connectivity index (χ4n) is 3.20. The van der Waals surface area contributed by atoms with Crippen molar-refractivity contribution in [3.8, 4) is 0 Å². The van der Waals surface area contributed by atoms with E-state index in [9.17, 15) is 0 Å². The number of aromatic nitrogens is 3. The molecule has 0 aromatic carbocycles. The van der Waals surface area contributed by atoms with Crippen LogP contribution in [0.3, 0.4) is 0 Å². The fraction of sp³-hybridized carbons (Fsp3) is 0.600. The number of fused-ring (bicyclic) bond motifs is 1. The molecular formula is C15H20ClN3. The Hall–Kier alpha value is -1.09. The molecule has 0 amide bonds. The van der Waals surface area contributed by atoms with Crippen LogP contribution < -0.4 is 0 Å². The van der Waals surface area contributed by atoms with E-state index in [4.69, 9.17) is 21.6 Å². The van der Waals surface area contributed by atoms with Gasteiger partial charge in [0, 0.05) is 11.7 Å². The Bertz CT molecular complexity index is 603. The number of nitrogens with zero attached hydrogens (tertiary/aromatic N) is 3. The molecule has 1 aliphatic carbocycles. The highest BCUT2D eigenvalue weighted by Crippen LogP contribution is 2.39. The van der Waals surface area contributed by atoms with E-state index in [0.29, 0.717) is 12.0 Å². The van der Waals surface area contributed by atoms with Crippen LogP contribution in [0.25, 0.3) is 11.2 Å². The third-order valence-electron chi connectivity index (χ3n) is 4.21. The smallest absolute Gasteiger partial charge is 0.160 e. The van der Waals surface area contributed by atoms with Gasteiger partial charge in [0.2, 0.25) is 0 Å². The average molecular weight is 278 g/mol. The topological polar surface area (TPSA) is 30.7 Å². The standard InChI is InChI=1S/C15H20ClN3/c1-9-5-4-6-13(9)19-14(11(3)16)18-12-8-7-10(2)17-15(12)19/h7-9,11,13H,4-6H2,1-3H3. The van der Waals surface area contributed by atoms with Gasteiger partial charge in [0.15, 0.2) is 5.65 Å². The number of imidazole rings is 1. The van der Waals surface area contributed by atoms with Crippen LogP contribution in [0.15, 0.2) is 12.1 Å². The predicted octanol–water partition coefficient (Wildman–Crippen LogP) is 4.40. The van der Waals surface area contributed by atoms with Crippen molar-refractivity contribution in [3.05, 3.63) is 23.7 Å². The number of rotatable bonds is 2. The maximum atomic E-state index is 6.33. The van der Waals surface area contributed by atoms with E-state index in [2.05, 4.69) is 17.6 Å². The highest BCUT2D eigenvalue weighted by atomic mass is 35.5. The molecule has 0 aliphatic heterocycles. The minimum atomic E-state index is -0.0812. The number of halogens is 1. The van der Waals surface area contributed by atoms with Gasteiger partial charge in [-0.25, -0.2) is 9.97 Å². The number of alkyl halides is 1. The lowest BCUT2D eigenvalue weighted by atomic mass is 10.1. The van der Waals surface area contributed by atoms with Crippen molar-refractivity contribution in [1.29, 1.82) is 0 Å². The molecule has 0 radical (unpaired) electrons. The molecule has 0 bridgehead atoms. The number of hydrogen-bond donors (Lipinski definition) is 0. The van der Waals surface area contributed by atoms with Gasteiger partial charge in [0.05, 0.1) is 5.38 Å². The summed E-state index contributed by atoms with van der Waals surface area (Å²) >= 11 is 6.33. The van der Waals surface area contributed by atoms with E-state index in [1.54, 1.807) is 0 Å². The summed E-state index contributed by atoms with van der Waals surface area (Å²) in [6, 6.07) is 4.56. The fourth-order valence-corrected chi connectivity index (χ4v) is 3.36. The van der Waals surface area contributed by atoms with Crippen LogP contribution in [0, 0.1) is 12.8 Å². The maximum absolute atomic E-state index is 6.33. The first-order valence-corrected chi connectivity index (χ1v) is 7.51. The van der Waals surface area contributed by atoms with Crippen LogP contribution in [0.2, 0.25) is 0 Å². The summed E-state index contributed by atoms with van der Waals surface area (Å²) in [6.45, 7) is 6.34. The van der Waals surface area contributed by atoms with Crippen LogP contribution in [0.5, 0.6) is 0 Å². The summed E-state index contributed by atoms with van der Waals surface area (Å²) in [5, 5.41) is -0.0812. The van der Waals surface area contributed by atoms with Crippen molar-refractivity contribution in [2.45, 2.75) is 51.5 Å². The van der Waals surface area contributed by atoms with Crippen molar-refractivity contribution in [1.82, 2.24) is 14.5 Å². The lowest BCUT2D eigenvalue weighted by molar-refractivity contribution is 0.403. The van der Waals surface area contributed by atoms with Gasteiger partial charge in [-0.3, -0.25) is 0 Å². The average Bonchev–Trinajstić information content (AvgIpc) is 2.92. The quantitative estimate of drug-likeness (QED) is 0.762. The summed E-state index contributed by atoms with van der Waals surface area (Å²) in [5.74, 6) is 1.64. The molecule has 3 nitrogen and oxygen atoms in total. The molecule has 2 heterocycles. The van der Waals surface area contributed by atoms with Crippen LogP contribution in [0.4, 0.5) is 0 Å². The molecule has 3 rings (SSSR count). The van der Waals surface area contributed by atoms with Crippen molar-refractivity contribution in [2.75, 3.05) is 0 Å². The molecule has 0 saturated heterocycles. The third-order valence-corrected chi connectivity index (χ3v) is 4.40. The second-order valence-corrected chi connectivity index (χ2v) is 6.38. The molecule has 102 valence electrons. The Labute approximate surface area is 119 Å². The molecular weight excluding hydrogens is 258 g/mol. The van der Waals surface area contributed by atoms with Gasteiger partial charge in [0.25, 0.3) is 0 Å². The van der Waals surface area contributed by atoms with Crippen molar-refractivity contribution >= 4 is 22.8 Å². The minimum absolute atomic E-state index is 0.0812. The second kappa shape index (κ2) is 4.78. The van der Waals surface area contributed by atoms with Gasteiger partial charge in [-0.1, -0.05) is 13.3 Å². The summed E-state index contributed by atoms with van der Waals surface area (Å²) in [4.78, 5) is 9.40. The molecule has 0 spiro atoms. The summed E-state index contributed by atoms with van der Waals surface area (Å²) in [6.07, 6.45) is 3.78. The summed E-state index contributed by atoms with van der Waals surface area (Å²) < 4.78 is 2.30. The van der Waals surface area contributed by atoms with Gasteiger partial charge in [-0.15, -0.1) is 11.6 Å². The molecule has 2 aromatic rings. The van der Waals surface area contributed by atoms with E-state index >= 15 is 0 Å². The highest BCUT2D eigenvalue weighted by molar-refractivity contribution is 6.20. The maximum Gasteiger partial charge on any atom is 0.160 e. The van der Waals surface area contributed by atoms with Gasteiger partial charge >= 0.3 is 0 Å². The number of pyridine rings is 1. The Morgan fingerprint density at radius 3 is 2.74 bits per heavy atom. The lowest BCUT2D eigenvalue weighted by Crippen LogP contribution is -2.15. The molecule has 1 aliphatic rings. The zero-order valence-corrected chi connectivity index (χ0v) is 12.5. The third kappa shape index (κ3) is 2.14. The molecule has 19 heavy (non-hydrogen) atoms. The first kappa shape index (κ1) is 12.9. The molecule has 0 N–H and O–H groups in total. The zero-order chi connectivity index (χ0) is 13.6. The van der Waals surface area contributed by atoms with Crippen LogP contribution >= 0.6 is 11.6 Å². The lowest BCUT2D eigenvalue weighted by Gasteiger charge is -2.21. The van der Waals surface area contributed by atoms with Crippen LogP contribution in [-0.4, -0.2) is 14.5 Å². The minimum Gasteiger partial charge on any atom is -0.308 e. The van der Waals surface area contributed by atoms with Crippen molar-refractivity contribution < 1.29 is 0 Å². The monoisotopic (exact) mass is 277 g/mol. The molecule has 1 fully saturated rings. The highest BCUT2D eigenvalue weighted by Gasteiger charge is 2.30. The Balaban J connectivity index is 2.23. The van der Waals surface area contributed by atoms with Gasteiger partial charge < -0.3 is 4.57 Å². The summed E-state index contributed by atoms with van der Waals surface area (Å²) in [5.41, 5.74) is 3.00. The van der Waals surface area contributed by atoms with Gasteiger partial charge in [0.1, 0.15) is 11.3 Å². The number of hydrogen-bond acceptors (Lipinski definition) is 2. The van der Waals surface area contributed by atoms with Gasteiger partial charge in [-0.05, 0) is 44.7 Å². The molecule has 3 unspecified atom stereocenters. The molecule has 2 aromatic heterocycles. The van der Waals surface area contributed by atoms with E-state index in [-0.39, 0.29) is 5.38 Å². The van der Waals surface area contributed by atoms with Gasteiger partial charge in [-0.2, -0.15) is 0 Å². The zero-order valence-electron chi connectivity index (χ0n) is 11.7. The van der Waals surface area contributed by atoms with Crippen molar-refractivity contribution in [2.24, 2.45) is 5.92 Å². The van der Waals surface area contributed by atoms with E-state index in [0.717, 1.165) is 22.7 Å². The van der Waals surface area contributed by atoms with E-state index < -0.39 is 0 Å². The normalized spacial score (nSPS) is 25.1. The predicted molar refractivity (Wildman–Crippen MR) is 78.6 cm³/mol. The molecule has 1 saturated carbocycles. The molecule has 4 heteroatoms. The van der Waals surface area contributed by atoms with E-state index in [1.807, 2.05) is 19.9 Å². The largest absolute Gasteiger partial charge is 0.308 e. The van der Waals surface area contributed by atoms with E-state index in [1.165, 1.54) is 19.3 Å². The Morgan fingerprint density at radius 2 is 2.11 bits per heavy atom. The first-order chi connectivity index (χ1) is 9.08. The second-order valence-electron chi connectivity index (χ2n) is 5.73. The Kier molecular flexibility index (Phi) is 3.25. The first-order valence-electron chi connectivity index (χ1n) is 7.07. The SMILES string of the molecule is Cc1ccc2nc(C(C)Cl)n(C3CCCC3C)c2n1. The summed E-state index contributed by atoms with van der Waals surface area (Å²) in [7, 11) is 0. The Morgan fingerprint density at radius 1 is 1.32 bits per heavy atom. The van der Waals surface area contributed by atoms with Crippen molar-refractivity contribution in [3.63, 3.8) is 0 Å². The number of aryl methyl sites for hydroxylation is 1. The van der Waals surface area contributed by atoms with Crippen LogP contribution in [0.1, 0.15) is 56.0 Å². The molecule has 3 atom stereocenters.